The van der Waals surface area contributed by atoms with Gasteiger partial charge < -0.3 is 14.2 Å². The summed E-state index contributed by atoms with van der Waals surface area (Å²) in [6.07, 6.45) is 84.5. The first-order valence-corrected chi connectivity index (χ1v) is 35.5. The molecule has 1 unspecified atom stereocenters. The van der Waals surface area contributed by atoms with E-state index in [9.17, 15) is 14.4 Å². The number of allylic oxidation sites excluding steroid dienone is 6. The summed E-state index contributed by atoms with van der Waals surface area (Å²) in [5.74, 6) is -0.849. The highest BCUT2D eigenvalue weighted by Crippen LogP contribution is 2.18. The molecule has 6 nitrogen and oxygen atoms in total. The average molecular weight is 1110 g/mol. The Morgan fingerprint density at radius 2 is 0.456 bits per heavy atom. The van der Waals surface area contributed by atoms with E-state index in [2.05, 4.69) is 57.2 Å². The van der Waals surface area contributed by atoms with Crippen LogP contribution in [0.3, 0.4) is 0 Å². The third kappa shape index (κ3) is 66.3. The van der Waals surface area contributed by atoms with Crippen molar-refractivity contribution in [3.8, 4) is 0 Å². The predicted octanol–water partition coefficient (Wildman–Crippen LogP) is 24.3. The van der Waals surface area contributed by atoms with E-state index in [1.165, 1.54) is 289 Å². The highest BCUT2D eigenvalue weighted by molar-refractivity contribution is 5.71. The van der Waals surface area contributed by atoms with Crippen molar-refractivity contribution in [3.05, 3.63) is 36.5 Å². The van der Waals surface area contributed by atoms with Crippen LogP contribution in [0.5, 0.6) is 0 Å². The van der Waals surface area contributed by atoms with Crippen LogP contribution in [-0.2, 0) is 28.6 Å². The first-order valence-electron chi connectivity index (χ1n) is 35.5. The van der Waals surface area contributed by atoms with Gasteiger partial charge in [-0.1, -0.05) is 333 Å². The van der Waals surface area contributed by atoms with E-state index in [0.29, 0.717) is 19.3 Å². The Kier molecular flexibility index (Phi) is 66.1. The lowest BCUT2D eigenvalue weighted by Crippen LogP contribution is -2.30. The Morgan fingerprint density at radius 3 is 0.734 bits per heavy atom. The molecular formula is C73H136O6. The van der Waals surface area contributed by atoms with Crippen molar-refractivity contribution in [2.45, 2.75) is 399 Å². The Balaban J connectivity index is 4.30. The van der Waals surface area contributed by atoms with Crippen molar-refractivity contribution in [2.75, 3.05) is 13.2 Å². The molecule has 0 aromatic heterocycles. The molecular weight excluding hydrogens is 973 g/mol. The fraction of sp³-hybridized carbons (Fsp3) is 0.877. The molecule has 0 aromatic rings. The van der Waals surface area contributed by atoms with Crippen LogP contribution in [0.15, 0.2) is 36.5 Å². The average Bonchev–Trinajstić information content (AvgIpc) is 3.45. The van der Waals surface area contributed by atoms with Gasteiger partial charge in [0.15, 0.2) is 6.10 Å². The van der Waals surface area contributed by atoms with E-state index < -0.39 is 6.10 Å². The Labute approximate surface area is 493 Å². The quantitative estimate of drug-likeness (QED) is 0.0261. The Morgan fingerprint density at radius 1 is 0.253 bits per heavy atom. The number of carbonyl (C=O) groups is 3. The second-order valence-corrected chi connectivity index (χ2v) is 24.1. The lowest BCUT2D eigenvalue weighted by Gasteiger charge is -2.18. The zero-order valence-corrected chi connectivity index (χ0v) is 53.4. The minimum absolute atomic E-state index is 0.0704. The molecule has 0 aliphatic carbocycles. The molecule has 79 heavy (non-hydrogen) atoms. The van der Waals surface area contributed by atoms with Gasteiger partial charge in [0.25, 0.3) is 0 Å². The van der Waals surface area contributed by atoms with Crippen molar-refractivity contribution in [3.63, 3.8) is 0 Å². The van der Waals surface area contributed by atoms with Crippen LogP contribution in [0, 0.1) is 0 Å². The fourth-order valence-electron chi connectivity index (χ4n) is 10.8. The number of ether oxygens (including phenoxy) is 3. The molecule has 0 bridgehead atoms. The van der Waals surface area contributed by atoms with Crippen LogP contribution in [0.2, 0.25) is 0 Å². The van der Waals surface area contributed by atoms with Gasteiger partial charge in [-0.25, -0.2) is 0 Å². The molecule has 0 spiro atoms. The summed E-state index contributed by atoms with van der Waals surface area (Å²) in [5.41, 5.74) is 0. The standard InChI is InChI=1S/C73H136O6/c1-4-7-10-13-16-19-22-25-28-31-34-35-36-37-38-40-42-45-48-51-54-57-60-63-66-72(75)78-69-70(68-77-71(74)65-62-59-56-53-50-47-44-41-33-30-27-24-21-18-15-12-9-6-3)79-73(76)67-64-61-58-55-52-49-46-43-39-32-29-26-23-20-17-14-11-8-5-2/h17,20,26,29-30,33,70H,4-16,18-19,21-25,27-28,31-32,34-69H2,1-3H3/b20-17-,29-26-,33-30-. The topological polar surface area (TPSA) is 78.9 Å². The molecule has 0 aliphatic heterocycles. The van der Waals surface area contributed by atoms with Crippen LogP contribution >= 0.6 is 0 Å². The zero-order valence-electron chi connectivity index (χ0n) is 53.4. The van der Waals surface area contributed by atoms with Crippen LogP contribution in [0.25, 0.3) is 0 Å². The lowest BCUT2D eigenvalue weighted by atomic mass is 10.0. The van der Waals surface area contributed by atoms with Crippen LogP contribution in [0.1, 0.15) is 393 Å². The van der Waals surface area contributed by atoms with Crippen molar-refractivity contribution >= 4 is 17.9 Å². The largest absolute Gasteiger partial charge is 0.462 e. The highest BCUT2D eigenvalue weighted by Gasteiger charge is 2.19. The molecule has 0 radical (unpaired) electrons. The van der Waals surface area contributed by atoms with Gasteiger partial charge in [-0.05, 0) is 77.0 Å². The van der Waals surface area contributed by atoms with Gasteiger partial charge >= 0.3 is 17.9 Å². The molecule has 0 saturated heterocycles. The maximum absolute atomic E-state index is 13.0. The molecule has 0 rings (SSSR count). The number of carbonyl (C=O) groups excluding carboxylic acids is 3. The fourth-order valence-corrected chi connectivity index (χ4v) is 10.8. The molecule has 1 atom stereocenters. The smallest absolute Gasteiger partial charge is 0.306 e. The third-order valence-corrected chi connectivity index (χ3v) is 16.1. The SMILES string of the molecule is CCCCC/C=C\C/C=C\CCCCCCCCCCCC(=O)OC(COC(=O)CCCCCCCCC/C=C\CCCCCCCCC)COC(=O)CCCCCCCCCCCCCCCCCCCCCCCCCC. The molecule has 0 aliphatic rings. The first-order chi connectivity index (χ1) is 39.0. The molecule has 464 valence electrons. The summed E-state index contributed by atoms with van der Waals surface area (Å²) in [4.78, 5) is 38.5. The number of hydrogen-bond acceptors (Lipinski definition) is 6. The second kappa shape index (κ2) is 68.1. The van der Waals surface area contributed by atoms with Gasteiger partial charge in [-0.3, -0.25) is 14.4 Å². The molecule has 6 heteroatoms. The zero-order chi connectivity index (χ0) is 57.1. The number of rotatable bonds is 66. The van der Waals surface area contributed by atoms with Crippen molar-refractivity contribution < 1.29 is 28.6 Å². The molecule has 0 saturated carbocycles. The molecule has 0 N–H and O–H groups in total. The van der Waals surface area contributed by atoms with Gasteiger partial charge in [0.05, 0.1) is 0 Å². The third-order valence-electron chi connectivity index (χ3n) is 16.1. The summed E-state index contributed by atoms with van der Waals surface area (Å²) >= 11 is 0. The van der Waals surface area contributed by atoms with Crippen LogP contribution in [0.4, 0.5) is 0 Å². The Hall–Kier alpha value is -2.37. The van der Waals surface area contributed by atoms with E-state index in [4.69, 9.17) is 14.2 Å². The summed E-state index contributed by atoms with van der Waals surface area (Å²) in [5, 5.41) is 0. The van der Waals surface area contributed by atoms with E-state index in [1.807, 2.05) is 0 Å². The molecule has 0 aromatic carbocycles. The van der Waals surface area contributed by atoms with Crippen molar-refractivity contribution in [1.82, 2.24) is 0 Å². The number of esters is 3. The van der Waals surface area contributed by atoms with Gasteiger partial charge in [-0.15, -0.1) is 0 Å². The normalized spacial score (nSPS) is 12.2. The van der Waals surface area contributed by atoms with E-state index in [0.717, 1.165) is 64.2 Å². The first kappa shape index (κ1) is 76.6. The van der Waals surface area contributed by atoms with E-state index >= 15 is 0 Å². The highest BCUT2D eigenvalue weighted by atomic mass is 16.6. The summed E-state index contributed by atoms with van der Waals surface area (Å²) < 4.78 is 17.0. The number of hydrogen-bond donors (Lipinski definition) is 0. The van der Waals surface area contributed by atoms with Gasteiger partial charge in [0.1, 0.15) is 13.2 Å². The molecule has 0 amide bonds. The summed E-state index contributed by atoms with van der Waals surface area (Å²) in [6.45, 7) is 6.69. The maximum Gasteiger partial charge on any atom is 0.306 e. The van der Waals surface area contributed by atoms with Gasteiger partial charge in [-0.2, -0.15) is 0 Å². The number of unbranched alkanes of at least 4 members (excludes halogenated alkanes) is 49. The van der Waals surface area contributed by atoms with E-state index in [1.54, 1.807) is 0 Å². The van der Waals surface area contributed by atoms with Gasteiger partial charge in [0.2, 0.25) is 0 Å². The molecule has 0 heterocycles. The van der Waals surface area contributed by atoms with E-state index in [-0.39, 0.29) is 31.1 Å². The van der Waals surface area contributed by atoms with Crippen molar-refractivity contribution in [1.29, 1.82) is 0 Å². The minimum atomic E-state index is -0.776. The second-order valence-electron chi connectivity index (χ2n) is 24.1. The Bertz CT molecular complexity index is 1320. The van der Waals surface area contributed by atoms with Crippen LogP contribution < -0.4 is 0 Å². The summed E-state index contributed by atoms with van der Waals surface area (Å²) in [7, 11) is 0. The minimum Gasteiger partial charge on any atom is -0.462 e. The lowest BCUT2D eigenvalue weighted by molar-refractivity contribution is -0.167. The summed E-state index contributed by atoms with van der Waals surface area (Å²) in [6, 6.07) is 0. The monoisotopic (exact) mass is 1110 g/mol. The predicted molar refractivity (Wildman–Crippen MR) is 344 cm³/mol. The van der Waals surface area contributed by atoms with Crippen molar-refractivity contribution in [2.24, 2.45) is 0 Å². The van der Waals surface area contributed by atoms with Gasteiger partial charge in [0, 0.05) is 19.3 Å². The molecule has 0 fully saturated rings. The van der Waals surface area contributed by atoms with Crippen LogP contribution in [-0.4, -0.2) is 37.2 Å². The maximum atomic E-state index is 13.0.